The molecule has 7 nitrogen and oxygen atoms in total. The summed E-state index contributed by atoms with van der Waals surface area (Å²) in [6, 6.07) is 2.43. The Morgan fingerprint density at radius 2 is 2.04 bits per heavy atom. The van der Waals surface area contributed by atoms with Crippen LogP contribution in [0.25, 0.3) is 22.0 Å². The van der Waals surface area contributed by atoms with Crippen molar-refractivity contribution in [3.05, 3.63) is 47.3 Å². The SMILES string of the molecule is CC(C(=O)O)n1ccc2ncc(-c3cnn(C)c3)cc2c1=O.Cl. The van der Waals surface area contributed by atoms with Crippen LogP contribution in [0.2, 0.25) is 0 Å². The largest absolute Gasteiger partial charge is 0.480 e. The van der Waals surface area contributed by atoms with Gasteiger partial charge >= 0.3 is 5.97 Å². The molecule has 0 bridgehead atoms. The van der Waals surface area contributed by atoms with Gasteiger partial charge < -0.3 is 9.67 Å². The number of halogens is 1. The second-order valence-corrected chi connectivity index (χ2v) is 5.10. The molecule has 0 aromatic carbocycles. The maximum atomic E-state index is 12.5. The summed E-state index contributed by atoms with van der Waals surface area (Å²) in [5.74, 6) is -1.06. The van der Waals surface area contributed by atoms with E-state index in [4.69, 9.17) is 5.11 Å². The first-order valence-corrected chi connectivity index (χ1v) is 6.70. The van der Waals surface area contributed by atoms with Gasteiger partial charge in [0.25, 0.3) is 5.56 Å². The van der Waals surface area contributed by atoms with Crippen molar-refractivity contribution in [2.75, 3.05) is 0 Å². The number of carboxylic acids is 1. The molecule has 0 aliphatic carbocycles. The van der Waals surface area contributed by atoms with Gasteiger partial charge in [0.15, 0.2) is 0 Å². The third-order valence-electron chi connectivity index (χ3n) is 3.59. The third kappa shape index (κ3) is 2.95. The molecular formula is C15H15ClN4O3. The van der Waals surface area contributed by atoms with Crippen LogP contribution >= 0.6 is 12.4 Å². The lowest BCUT2D eigenvalue weighted by Crippen LogP contribution is -2.27. The summed E-state index contributed by atoms with van der Waals surface area (Å²) in [6.07, 6.45) is 6.64. The Bertz CT molecular complexity index is 932. The van der Waals surface area contributed by atoms with E-state index < -0.39 is 12.0 Å². The van der Waals surface area contributed by atoms with Crippen LogP contribution < -0.4 is 5.56 Å². The van der Waals surface area contributed by atoms with Crippen molar-refractivity contribution in [2.24, 2.45) is 7.05 Å². The van der Waals surface area contributed by atoms with E-state index in [2.05, 4.69) is 10.1 Å². The van der Waals surface area contributed by atoms with E-state index in [1.807, 2.05) is 6.20 Å². The predicted octanol–water partition coefficient (Wildman–Crippen LogP) is 1.86. The number of pyridine rings is 2. The van der Waals surface area contributed by atoms with Gasteiger partial charge in [0, 0.05) is 36.8 Å². The van der Waals surface area contributed by atoms with Crippen molar-refractivity contribution in [1.82, 2.24) is 19.3 Å². The Labute approximate surface area is 137 Å². The molecule has 3 rings (SSSR count). The van der Waals surface area contributed by atoms with Gasteiger partial charge in [-0.15, -0.1) is 12.4 Å². The molecule has 1 atom stereocenters. The zero-order valence-corrected chi connectivity index (χ0v) is 13.3. The fourth-order valence-electron chi connectivity index (χ4n) is 2.29. The molecular weight excluding hydrogens is 320 g/mol. The molecule has 0 aliphatic rings. The molecule has 0 amide bonds. The van der Waals surface area contributed by atoms with E-state index in [9.17, 15) is 9.59 Å². The lowest BCUT2D eigenvalue weighted by atomic mass is 10.1. The molecule has 0 spiro atoms. The minimum absolute atomic E-state index is 0. The van der Waals surface area contributed by atoms with E-state index in [-0.39, 0.29) is 18.0 Å². The topological polar surface area (TPSA) is 90.0 Å². The third-order valence-corrected chi connectivity index (χ3v) is 3.59. The number of hydrogen-bond acceptors (Lipinski definition) is 4. The van der Waals surface area contributed by atoms with Crippen LogP contribution in [-0.2, 0) is 11.8 Å². The van der Waals surface area contributed by atoms with Crippen LogP contribution in [0.15, 0.2) is 41.7 Å². The van der Waals surface area contributed by atoms with E-state index in [1.54, 1.807) is 36.3 Å². The van der Waals surface area contributed by atoms with Crippen LogP contribution in [0.3, 0.4) is 0 Å². The molecule has 120 valence electrons. The zero-order chi connectivity index (χ0) is 15.9. The Balaban J connectivity index is 0.00000192. The summed E-state index contributed by atoms with van der Waals surface area (Å²) in [5, 5.41) is 13.6. The molecule has 1 N–H and O–H groups in total. The summed E-state index contributed by atoms with van der Waals surface area (Å²) in [7, 11) is 1.81. The number of fused-ring (bicyclic) bond motifs is 1. The molecule has 3 aromatic heterocycles. The van der Waals surface area contributed by atoms with Gasteiger partial charge in [-0.25, -0.2) is 4.79 Å². The maximum absolute atomic E-state index is 12.5. The van der Waals surface area contributed by atoms with Crippen molar-refractivity contribution < 1.29 is 9.90 Å². The molecule has 8 heteroatoms. The number of aryl methyl sites for hydroxylation is 1. The molecule has 0 aliphatic heterocycles. The summed E-state index contributed by atoms with van der Waals surface area (Å²) in [6.45, 7) is 1.47. The first-order chi connectivity index (χ1) is 10.5. The average molecular weight is 335 g/mol. The van der Waals surface area contributed by atoms with E-state index >= 15 is 0 Å². The summed E-state index contributed by atoms with van der Waals surface area (Å²) in [4.78, 5) is 27.9. The highest BCUT2D eigenvalue weighted by Crippen LogP contribution is 2.20. The second kappa shape index (κ2) is 6.21. The minimum atomic E-state index is -1.06. The maximum Gasteiger partial charge on any atom is 0.326 e. The Morgan fingerprint density at radius 1 is 1.30 bits per heavy atom. The van der Waals surface area contributed by atoms with E-state index in [0.29, 0.717) is 10.9 Å². The Hall–Kier alpha value is -2.67. The quantitative estimate of drug-likeness (QED) is 0.789. The van der Waals surface area contributed by atoms with Gasteiger partial charge in [-0.05, 0) is 19.1 Å². The van der Waals surface area contributed by atoms with Crippen LogP contribution in [0.5, 0.6) is 0 Å². The van der Waals surface area contributed by atoms with Crippen LogP contribution in [-0.4, -0.2) is 30.4 Å². The molecule has 0 saturated carbocycles. The van der Waals surface area contributed by atoms with Gasteiger partial charge in [0.05, 0.1) is 17.1 Å². The first kappa shape index (κ1) is 16.7. The normalized spacial score (nSPS) is 11.9. The van der Waals surface area contributed by atoms with Crippen LogP contribution in [0.4, 0.5) is 0 Å². The number of rotatable bonds is 3. The molecule has 3 heterocycles. The number of carbonyl (C=O) groups is 1. The predicted molar refractivity (Wildman–Crippen MR) is 87.8 cm³/mol. The fraction of sp³-hybridized carbons (Fsp3) is 0.200. The van der Waals surface area contributed by atoms with Crippen molar-refractivity contribution >= 4 is 29.3 Å². The molecule has 0 fully saturated rings. The van der Waals surface area contributed by atoms with Gasteiger partial charge in [-0.1, -0.05) is 0 Å². The standard InChI is InChI=1S/C15H14N4O3.ClH/c1-9(15(21)22)19-4-3-13-12(14(19)20)5-10(6-16-13)11-7-17-18(2)8-11;/h3-9H,1-2H3,(H,21,22);1H. The first-order valence-electron chi connectivity index (χ1n) is 6.70. The smallest absolute Gasteiger partial charge is 0.326 e. The van der Waals surface area contributed by atoms with E-state index in [1.165, 1.54) is 17.7 Å². The molecule has 23 heavy (non-hydrogen) atoms. The van der Waals surface area contributed by atoms with Crippen LogP contribution in [0.1, 0.15) is 13.0 Å². The van der Waals surface area contributed by atoms with Crippen LogP contribution in [0, 0.1) is 0 Å². The summed E-state index contributed by atoms with van der Waals surface area (Å²) in [5.41, 5.74) is 1.77. The lowest BCUT2D eigenvalue weighted by Gasteiger charge is -2.11. The highest BCUT2D eigenvalue weighted by Gasteiger charge is 2.16. The van der Waals surface area contributed by atoms with Crippen molar-refractivity contribution in [1.29, 1.82) is 0 Å². The Kier molecular flexibility index (Phi) is 4.51. The van der Waals surface area contributed by atoms with Crippen molar-refractivity contribution in [3.63, 3.8) is 0 Å². The minimum Gasteiger partial charge on any atom is -0.480 e. The number of aromatic nitrogens is 4. The molecule has 0 saturated heterocycles. The Morgan fingerprint density at radius 3 is 2.65 bits per heavy atom. The van der Waals surface area contributed by atoms with Gasteiger partial charge in [-0.3, -0.25) is 14.5 Å². The van der Waals surface area contributed by atoms with Gasteiger partial charge in [0.1, 0.15) is 6.04 Å². The van der Waals surface area contributed by atoms with Crippen molar-refractivity contribution in [3.8, 4) is 11.1 Å². The summed E-state index contributed by atoms with van der Waals surface area (Å²) < 4.78 is 2.86. The second-order valence-electron chi connectivity index (χ2n) is 5.10. The molecule has 0 radical (unpaired) electrons. The zero-order valence-electron chi connectivity index (χ0n) is 12.5. The number of aliphatic carboxylic acids is 1. The number of nitrogens with zero attached hydrogens (tertiary/aromatic N) is 4. The fourth-order valence-corrected chi connectivity index (χ4v) is 2.29. The van der Waals surface area contributed by atoms with Gasteiger partial charge in [-0.2, -0.15) is 5.10 Å². The highest BCUT2D eigenvalue weighted by molar-refractivity contribution is 5.85. The van der Waals surface area contributed by atoms with Crippen molar-refractivity contribution in [2.45, 2.75) is 13.0 Å². The summed E-state index contributed by atoms with van der Waals surface area (Å²) >= 11 is 0. The lowest BCUT2D eigenvalue weighted by molar-refractivity contribution is -0.140. The monoisotopic (exact) mass is 334 g/mol. The highest BCUT2D eigenvalue weighted by atomic mass is 35.5. The molecule has 1 unspecified atom stereocenters. The average Bonchev–Trinajstić information content (AvgIpc) is 2.93. The van der Waals surface area contributed by atoms with E-state index in [0.717, 1.165) is 11.1 Å². The van der Waals surface area contributed by atoms with Gasteiger partial charge in [0.2, 0.25) is 0 Å². The molecule has 3 aromatic rings. The number of hydrogen-bond donors (Lipinski definition) is 1. The number of carboxylic acid groups (broad SMARTS) is 1.